The van der Waals surface area contributed by atoms with Crippen LogP contribution < -0.4 is 0 Å². The Morgan fingerprint density at radius 2 is 1.75 bits per heavy atom. The van der Waals surface area contributed by atoms with Gasteiger partial charge in [0, 0.05) is 10.8 Å². The number of allylic oxidation sites excluding steroid dienone is 1. The average Bonchev–Trinajstić information content (AvgIpc) is 3.16. The molecule has 4 saturated carbocycles. The minimum Gasteiger partial charge on any atom is -0.478 e. The first-order valence-electron chi connectivity index (χ1n) is 9.96. The Hall–Kier alpha value is -2.45. The molecule has 0 amide bonds. The summed E-state index contributed by atoms with van der Waals surface area (Å²) in [5.74, 6) is 1.66. The van der Waals surface area contributed by atoms with E-state index < -0.39 is 5.97 Å². The fourth-order valence-electron chi connectivity index (χ4n) is 6.10. The van der Waals surface area contributed by atoms with Crippen LogP contribution in [0.4, 0.5) is 0 Å². The Kier molecular flexibility index (Phi) is 4.13. The molecular formula is C23H22N2O2S. The van der Waals surface area contributed by atoms with Gasteiger partial charge in [-0.1, -0.05) is 12.1 Å². The molecule has 0 spiro atoms. The molecule has 0 radical (unpaired) electrons. The van der Waals surface area contributed by atoms with Gasteiger partial charge in [-0.25, -0.2) is 9.78 Å². The van der Waals surface area contributed by atoms with Gasteiger partial charge in [0.25, 0.3) is 0 Å². The van der Waals surface area contributed by atoms with Gasteiger partial charge in [-0.05, 0) is 80.1 Å². The number of carboxylic acid groups (broad SMARTS) is 1. The van der Waals surface area contributed by atoms with Gasteiger partial charge in [0.15, 0.2) is 0 Å². The molecule has 4 nitrogen and oxygen atoms in total. The van der Waals surface area contributed by atoms with Gasteiger partial charge in [-0.15, -0.1) is 11.3 Å². The number of nitrogens with zero attached hydrogens (tertiary/aromatic N) is 2. The maximum absolute atomic E-state index is 11.0. The summed E-state index contributed by atoms with van der Waals surface area (Å²) in [7, 11) is 0. The molecule has 1 aromatic carbocycles. The molecule has 28 heavy (non-hydrogen) atoms. The Morgan fingerprint density at radius 3 is 2.29 bits per heavy atom. The predicted octanol–water partition coefficient (Wildman–Crippen LogP) is 5.37. The van der Waals surface area contributed by atoms with Crippen LogP contribution in [0.1, 0.15) is 65.1 Å². The van der Waals surface area contributed by atoms with Crippen molar-refractivity contribution in [3.63, 3.8) is 0 Å². The predicted molar refractivity (Wildman–Crippen MR) is 109 cm³/mol. The second kappa shape index (κ2) is 6.56. The lowest BCUT2D eigenvalue weighted by Crippen LogP contribution is -2.48. The van der Waals surface area contributed by atoms with E-state index in [0.29, 0.717) is 5.57 Å². The second-order valence-electron chi connectivity index (χ2n) is 8.83. The SMILES string of the molecule is N#C/C(=C\c1ccc(C(=O)O)cc1)c1nc(C23CC4CC(CC(C4)C2)C3)cs1. The lowest BCUT2D eigenvalue weighted by Gasteiger charge is -2.56. The second-order valence-corrected chi connectivity index (χ2v) is 9.69. The molecule has 1 aromatic heterocycles. The lowest BCUT2D eigenvalue weighted by atomic mass is 9.49. The number of hydrogen-bond acceptors (Lipinski definition) is 4. The molecular weight excluding hydrogens is 368 g/mol. The van der Waals surface area contributed by atoms with E-state index in [-0.39, 0.29) is 11.0 Å². The number of nitriles is 1. The van der Waals surface area contributed by atoms with Gasteiger partial charge in [-0.3, -0.25) is 0 Å². The van der Waals surface area contributed by atoms with E-state index >= 15 is 0 Å². The first-order chi connectivity index (χ1) is 13.5. The van der Waals surface area contributed by atoms with Crippen LogP contribution in [-0.2, 0) is 5.41 Å². The molecule has 4 fully saturated rings. The largest absolute Gasteiger partial charge is 0.478 e. The first kappa shape index (κ1) is 17.6. The Morgan fingerprint density at radius 1 is 1.14 bits per heavy atom. The molecule has 0 unspecified atom stereocenters. The van der Waals surface area contributed by atoms with Crippen LogP contribution in [-0.4, -0.2) is 16.1 Å². The number of benzene rings is 1. The number of hydrogen-bond donors (Lipinski definition) is 1. The van der Waals surface area contributed by atoms with E-state index in [1.165, 1.54) is 44.2 Å². The van der Waals surface area contributed by atoms with Crippen molar-refractivity contribution in [1.29, 1.82) is 5.26 Å². The molecule has 4 bridgehead atoms. The van der Waals surface area contributed by atoms with E-state index in [0.717, 1.165) is 28.3 Å². The molecule has 142 valence electrons. The van der Waals surface area contributed by atoms with Gasteiger partial charge in [0.2, 0.25) is 0 Å². The molecule has 0 atom stereocenters. The standard InChI is InChI=1S/C23H22N2O2S/c24-12-19(8-14-1-3-18(4-2-14)22(26)27)21-25-20(13-28-21)23-9-15-5-16(10-23)7-17(6-15)11-23/h1-4,8,13,15-17H,5-7,9-11H2,(H,26,27)/b19-8+. The molecule has 1 heterocycles. The number of carboxylic acids is 1. The summed E-state index contributed by atoms with van der Waals surface area (Å²) >= 11 is 1.56. The van der Waals surface area contributed by atoms with Crippen molar-refractivity contribution in [2.75, 3.05) is 0 Å². The maximum Gasteiger partial charge on any atom is 0.335 e. The highest BCUT2D eigenvalue weighted by Gasteiger charge is 2.52. The third kappa shape index (κ3) is 2.97. The highest BCUT2D eigenvalue weighted by atomic mass is 32.1. The summed E-state index contributed by atoms with van der Waals surface area (Å²) in [5, 5.41) is 21.7. The zero-order valence-electron chi connectivity index (χ0n) is 15.6. The first-order valence-corrected chi connectivity index (χ1v) is 10.8. The number of aromatic nitrogens is 1. The Labute approximate surface area is 168 Å². The highest BCUT2D eigenvalue weighted by Crippen LogP contribution is 2.60. The lowest BCUT2D eigenvalue weighted by molar-refractivity contribution is -0.00694. The normalized spacial score (nSPS) is 31.0. The Bertz CT molecular complexity index is 961. The summed E-state index contributed by atoms with van der Waals surface area (Å²) < 4.78 is 0. The molecule has 1 N–H and O–H groups in total. The van der Waals surface area contributed by atoms with Crippen molar-refractivity contribution < 1.29 is 9.90 Å². The number of rotatable bonds is 4. The van der Waals surface area contributed by atoms with Crippen LogP contribution in [0.25, 0.3) is 11.6 Å². The van der Waals surface area contributed by atoms with E-state index in [1.807, 2.05) is 0 Å². The van der Waals surface area contributed by atoms with Gasteiger partial charge >= 0.3 is 5.97 Å². The van der Waals surface area contributed by atoms with Gasteiger partial charge < -0.3 is 5.11 Å². The smallest absolute Gasteiger partial charge is 0.335 e. The van der Waals surface area contributed by atoms with E-state index in [1.54, 1.807) is 41.7 Å². The number of carbonyl (C=O) groups is 1. The summed E-state index contributed by atoms with van der Waals surface area (Å²) in [5.41, 5.74) is 3.05. The Balaban J connectivity index is 1.43. The molecule has 4 aliphatic rings. The third-order valence-corrected chi connectivity index (χ3v) is 7.78. The minimum absolute atomic E-state index is 0.243. The molecule has 5 heteroatoms. The van der Waals surface area contributed by atoms with Crippen LogP contribution in [0.3, 0.4) is 0 Å². The van der Waals surface area contributed by atoms with Gasteiger partial charge in [0.1, 0.15) is 11.1 Å². The molecule has 2 aromatic rings. The average molecular weight is 391 g/mol. The van der Waals surface area contributed by atoms with Crippen molar-refractivity contribution in [3.8, 4) is 6.07 Å². The van der Waals surface area contributed by atoms with E-state index in [9.17, 15) is 10.1 Å². The van der Waals surface area contributed by atoms with Crippen molar-refractivity contribution in [2.24, 2.45) is 17.8 Å². The van der Waals surface area contributed by atoms with Crippen molar-refractivity contribution >= 4 is 29.0 Å². The van der Waals surface area contributed by atoms with E-state index in [2.05, 4.69) is 11.4 Å². The number of thiazole rings is 1. The van der Waals surface area contributed by atoms with Crippen LogP contribution >= 0.6 is 11.3 Å². The van der Waals surface area contributed by atoms with Crippen molar-refractivity contribution in [3.05, 3.63) is 51.5 Å². The molecule has 6 rings (SSSR count). The van der Waals surface area contributed by atoms with Crippen LogP contribution in [0.15, 0.2) is 29.6 Å². The fraction of sp³-hybridized carbons (Fsp3) is 0.435. The van der Waals surface area contributed by atoms with Crippen LogP contribution in [0.5, 0.6) is 0 Å². The van der Waals surface area contributed by atoms with Gasteiger partial charge in [-0.2, -0.15) is 5.26 Å². The number of aromatic carboxylic acids is 1. The monoisotopic (exact) mass is 390 g/mol. The summed E-state index contributed by atoms with van der Waals surface area (Å²) in [4.78, 5) is 15.9. The zero-order valence-corrected chi connectivity index (χ0v) is 16.4. The molecule has 4 aliphatic carbocycles. The highest BCUT2D eigenvalue weighted by molar-refractivity contribution is 7.11. The maximum atomic E-state index is 11.0. The zero-order chi connectivity index (χ0) is 19.3. The fourth-order valence-corrected chi connectivity index (χ4v) is 7.00. The molecule has 0 saturated heterocycles. The van der Waals surface area contributed by atoms with Crippen molar-refractivity contribution in [2.45, 2.75) is 43.9 Å². The van der Waals surface area contributed by atoms with Gasteiger partial charge in [0.05, 0.1) is 16.8 Å². The molecule has 0 aliphatic heterocycles. The summed E-state index contributed by atoms with van der Waals surface area (Å²) in [6, 6.07) is 8.87. The van der Waals surface area contributed by atoms with Crippen molar-refractivity contribution in [1.82, 2.24) is 4.98 Å². The third-order valence-electron chi connectivity index (χ3n) is 6.91. The summed E-state index contributed by atoms with van der Waals surface area (Å²) in [6.07, 6.45) is 9.83. The quantitative estimate of drug-likeness (QED) is 0.712. The minimum atomic E-state index is -0.948. The van der Waals surface area contributed by atoms with Crippen LogP contribution in [0, 0.1) is 29.1 Å². The van der Waals surface area contributed by atoms with Crippen LogP contribution in [0.2, 0.25) is 0 Å². The van der Waals surface area contributed by atoms with E-state index in [4.69, 9.17) is 10.1 Å². The summed E-state index contributed by atoms with van der Waals surface area (Å²) in [6.45, 7) is 0. The topological polar surface area (TPSA) is 74.0 Å².